The van der Waals surface area contributed by atoms with Crippen molar-refractivity contribution in [3.05, 3.63) is 0 Å². The Labute approximate surface area is 123 Å². The molecule has 0 aromatic rings. The van der Waals surface area contributed by atoms with Crippen molar-refractivity contribution in [3.8, 4) is 0 Å². The van der Waals surface area contributed by atoms with E-state index < -0.39 is 5.60 Å². The molecular weight excluding hydrogens is 252 g/mol. The summed E-state index contributed by atoms with van der Waals surface area (Å²) in [5.41, 5.74) is -0.597. The minimum atomic E-state index is -0.597. The van der Waals surface area contributed by atoms with Crippen LogP contribution >= 0.6 is 0 Å². The summed E-state index contributed by atoms with van der Waals surface area (Å²) in [7, 11) is 1.67. The van der Waals surface area contributed by atoms with Gasteiger partial charge in [-0.05, 0) is 63.5 Å². The van der Waals surface area contributed by atoms with Gasteiger partial charge in [0, 0.05) is 13.2 Å². The number of amides is 1. The number of carbonyl (C=O) groups is 1. The molecule has 1 aliphatic heterocycles. The molecule has 0 bridgehead atoms. The van der Waals surface area contributed by atoms with Crippen molar-refractivity contribution >= 4 is 5.91 Å². The van der Waals surface area contributed by atoms with Crippen LogP contribution in [0.4, 0.5) is 0 Å². The molecule has 1 aliphatic carbocycles. The van der Waals surface area contributed by atoms with Crippen LogP contribution in [0.15, 0.2) is 0 Å². The molecule has 0 aromatic heterocycles. The topological polar surface area (TPSA) is 50.4 Å². The molecule has 1 saturated heterocycles. The molecule has 1 saturated carbocycles. The molecule has 4 heteroatoms. The van der Waals surface area contributed by atoms with Crippen molar-refractivity contribution in [1.82, 2.24) is 10.6 Å². The van der Waals surface area contributed by atoms with Crippen molar-refractivity contribution in [2.24, 2.45) is 11.8 Å². The van der Waals surface area contributed by atoms with E-state index >= 15 is 0 Å². The molecule has 116 valence electrons. The first-order valence-electron chi connectivity index (χ1n) is 8.14. The number of methoxy groups -OCH3 is 1. The van der Waals surface area contributed by atoms with Gasteiger partial charge in [0.2, 0.25) is 0 Å². The lowest BCUT2D eigenvalue weighted by atomic mass is 9.79. The van der Waals surface area contributed by atoms with Crippen LogP contribution in [0.3, 0.4) is 0 Å². The molecule has 20 heavy (non-hydrogen) atoms. The second-order valence-corrected chi connectivity index (χ2v) is 6.78. The minimum absolute atomic E-state index is 0.106. The van der Waals surface area contributed by atoms with Gasteiger partial charge in [0.25, 0.3) is 5.91 Å². The first-order chi connectivity index (χ1) is 9.57. The van der Waals surface area contributed by atoms with Crippen LogP contribution in [0.2, 0.25) is 0 Å². The molecule has 0 spiro atoms. The van der Waals surface area contributed by atoms with Gasteiger partial charge in [-0.25, -0.2) is 0 Å². The molecule has 0 radical (unpaired) electrons. The third-order valence-electron chi connectivity index (χ3n) is 5.27. The Morgan fingerprint density at radius 1 is 1.20 bits per heavy atom. The molecule has 2 N–H and O–H groups in total. The maximum Gasteiger partial charge on any atom is 0.252 e. The summed E-state index contributed by atoms with van der Waals surface area (Å²) in [5, 5.41) is 6.54. The SMILES string of the molecule is COC1(C(=O)NC2CCC(C(C)C)CC2)CCNCC1. The molecule has 0 unspecified atom stereocenters. The van der Waals surface area contributed by atoms with Gasteiger partial charge in [-0.2, -0.15) is 0 Å². The second kappa shape index (κ2) is 6.90. The number of hydrogen-bond acceptors (Lipinski definition) is 3. The highest BCUT2D eigenvalue weighted by Crippen LogP contribution is 2.31. The van der Waals surface area contributed by atoms with Crippen LogP contribution in [0, 0.1) is 11.8 Å². The fourth-order valence-electron chi connectivity index (χ4n) is 3.60. The Morgan fingerprint density at radius 3 is 2.30 bits per heavy atom. The van der Waals surface area contributed by atoms with E-state index in [0.717, 1.165) is 50.6 Å². The molecule has 2 aliphatic rings. The standard InChI is InChI=1S/C16H30N2O2/c1-12(2)13-4-6-14(7-5-13)18-15(19)16(20-3)8-10-17-11-9-16/h12-14,17H,4-11H2,1-3H3,(H,18,19). The number of ether oxygens (including phenoxy) is 1. The van der Waals surface area contributed by atoms with Crippen LogP contribution in [-0.4, -0.2) is 37.7 Å². The average Bonchev–Trinajstić information content (AvgIpc) is 2.48. The zero-order valence-electron chi connectivity index (χ0n) is 13.2. The highest BCUT2D eigenvalue weighted by molar-refractivity contribution is 5.85. The number of rotatable bonds is 4. The molecule has 1 amide bonds. The van der Waals surface area contributed by atoms with Gasteiger partial charge in [0.05, 0.1) is 0 Å². The van der Waals surface area contributed by atoms with Crippen molar-refractivity contribution in [2.75, 3.05) is 20.2 Å². The zero-order valence-corrected chi connectivity index (χ0v) is 13.2. The fraction of sp³-hybridized carbons (Fsp3) is 0.938. The van der Waals surface area contributed by atoms with Crippen molar-refractivity contribution < 1.29 is 9.53 Å². The molecule has 0 atom stereocenters. The van der Waals surface area contributed by atoms with E-state index in [9.17, 15) is 4.79 Å². The zero-order chi connectivity index (χ0) is 14.6. The molecule has 2 fully saturated rings. The second-order valence-electron chi connectivity index (χ2n) is 6.78. The predicted molar refractivity (Wildman–Crippen MR) is 80.6 cm³/mol. The van der Waals surface area contributed by atoms with E-state index in [4.69, 9.17) is 4.74 Å². The predicted octanol–water partition coefficient (Wildman–Crippen LogP) is 2.09. The summed E-state index contributed by atoms with van der Waals surface area (Å²) in [4.78, 5) is 12.6. The molecule has 4 nitrogen and oxygen atoms in total. The Hall–Kier alpha value is -0.610. The highest BCUT2D eigenvalue weighted by Gasteiger charge is 2.40. The molecule has 0 aromatic carbocycles. The Morgan fingerprint density at radius 2 is 1.80 bits per heavy atom. The molecule has 1 heterocycles. The molecular formula is C16H30N2O2. The van der Waals surface area contributed by atoms with Crippen molar-refractivity contribution in [1.29, 1.82) is 0 Å². The van der Waals surface area contributed by atoms with Crippen molar-refractivity contribution in [3.63, 3.8) is 0 Å². The number of hydrogen-bond donors (Lipinski definition) is 2. The molecule has 2 rings (SSSR count). The Bertz CT molecular complexity index is 316. The monoisotopic (exact) mass is 282 g/mol. The maximum absolute atomic E-state index is 12.6. The number of nitrogens with one attached hydrogen (secondary N) is 2. The number of carbonyl (C=O) groups excluding carboxylic acids is 1. The van der Waals surface area contributed by atoms with Crippen LogP contribution in [0.1, 0.15) is 52.4 Å². The minimum Gasteiger partial charge on any atom is -0.368 e. The summed E-state index contributed by atoms with van der Waals surface area (Å²) >= 11 is 0. The van der Waals surface area contributed by atoms with Crippen LogP contribution < -0.4 is 10.6 Å². The first kappa shape index (κ1) is 15.8. The van der Waals surface area contributed by atoms with E-state index in [0.29, 0.717) is 6.04 Å². The van der Waals surface area contributed by atoms with E-state index in [2.05, 4.69) is 24.5 Å². The summed E-state index contributed by atoms with van der Waals surface area (Å²) in [6, 6.07) is 0.347. The summed E-state index contributed by atoms with van der Waals surface area (Å²) in [6.45, 7) is 6.33. The largest absolute Gasteiger partial charge is 0.368 e. The smallest absolute Gasteiger partial charge is 0.252 e. The van der Waals surface area contributed by atoms with Crippen molar-refractivity contribution in [2.45, 2.75) is 64.0 Å². The van der Waals surface area contributed by atoms with Crippen LogP contribution in [-0.2, 0) is 9.53 Å². The lowest BCUT2D eigenvalue weighted by molar-refractivity contribution is -0.147. The van der Waals surface area contributed by atoms with Gasteiger partial charge in [0.1, 0.15) is 5.60 Å². The number of piperidine rings is 1. The quantitative estimate of drug-likeness (QED) is 0.830. The van der Waals surface area contributed by atoms with Gasteiger partial charge in [-0.1, -0.05) is 13.8 Å². The van der Waals surface area contributed by atoms with E-state index in [-0.39, 0.29) is 5.91 Å². The normalized spacial score (nSPS) is 30.2. The first-order valence-corrected chi connectivity index (χ1v) is 8.14. The average molecular weight is 282 g/mol. The lowest BCUT2D eigenvalue weighted by Crippen LogP contribution is -2.56. The van der Waals surface area contributed by atoms with Gasteiger partial charge in [0.15, 0.2) is 0 Å². The van der Waals surface area contributed by atoms with Gasteiger partial charge in [-0.3, -0.25) is 4.79 Å². The summed E-state index contributed by atoms with van der Waals surface area (Å²) in [6.07, 6.45) is 6.26. The maximum atomic E-state index is 12.6. The summed E-state index contributed by atoms with van der Waals surface area (Å²) < 4.78 is 5.59. The Kier molecular flexibility index (Phi) is 5.44. The lowest BCUT2D eigenvalue weighted by Gasteiger charge is -2.38. The van der Waals surface area contributed by atoms with E-state index in [1.54, 1.807) is 7.11 Å². The van der Waals surface area contributed by atoms with E-state index in [1.165, 1.54) is 12.8 Å². The third-order valence-corrected chi connectivity index (χ3v) is 5.27. The third kappa shape index (κ3) is 3.53. The van der Waals surface area contributed by atoms with Crippen LogP contribution in [0.25, 0.3) is 0 Å². The van der Waals surface area contributed by atoms with E-state index in [1.807, 2.05) is 0 Å². The van der Waals surface area contributed by atoms with Gasteiger partial charge in [-0.15, -0.1) is 0 Å². The fourth-order valence-corrected chi connectivity index (χ4v) is 3.60. The van der Waals surface area contributed by atoms with Crippen LogP contribution in [0.5, 0.6) is 0 Å². The Balaban J connectivity index is 1.85. The summed E-state index contributed by atoms with van der Waals surface area (Å²) in [5.74, 6) is 1.70. The highest BCUT2D eigenvalue weighted by atomic mass is 16.5. The van der Waals surface area contributed by atoms with Gasteiger partial charge >= 0.3 is 0 Å². The van der Waals surface area contributed by atoms with Gasteiger partial charge < -0.3 is 15.4 Å².